The van der Waals surface area contributed by atoms with Crippen LogP contribution in [-0.2, 0) is 28.7 Å². The van der Waals surface area contributed by atoms with E-state index in [1.54, 1.807) is 54.6 Å². The first-order valence-electron chi connectivity index (χ1n) is 30.0. The summed E-state index contributed by atoms with van der Waals surface area (Å²) in [5.74, 6) is -1.45. The van der Waals surface area contributed by atoms with E-state index in [2.05, 4.69) is 72.1 Å². The lowest BCUT2D eigenvalue weighted by atomic mass is 10.1. The first kappa shape index (κ1) is 88.5. The summed E-state index contributed by atoms with van der Waals surface area (Å²) >= 11 is 11.2. The Morgan fingerprint density at radius 3 is 1.04 bits per heavy atom. The molecule has 16 N–H and O–H groups in total. The first-order valence-corrected chi connectivity index (χ1v) is 30.7. The van der Waals surface area contributed by atoms with E-state index in [4.69, 9.17) is 49.4 Å². The Kier molecular flexibility index (Phi) is 41.3. The number of nitrogens with one attached hydrogen (secondary N) is 6. The van der Waals surface area contributed by atoms with Gasteiger partial charge in [0, 0.05) is 128 Å². The minimum atomic E-state index is -0.653. The van der Waals surface area contributed by atoms with Crippen LogP contribution in [0.4, 0.5) is 51.2 Å². The summed E-state index contributed by atoms with van der Waals surface area (Å²) in [6.07, 6.45) is 0. The number of phenolic OH excluding ortho intramolecular Hbond substituents is 8. The summed E-state index contributed by atoms with van der Waals surface area (Å²) in [5.41, 5.74) is 11.9. The van der Waals surface area contributed by atoms with Crippen LogP contribution < -0.4 is 52.3 Å². The SMILES string of the molecule is CC(=O)Nc1cc(Cl)c(O)c(Cl)c1.CC(=O)Nc1cc(N)ccc1O.CC(=O)Nc1ccc(O)cc1.CCN(C)c1ccc(O)cc1.CCN(C)c1ccc(O)cc1.CCN(C)c1ccc(O)cc1.CNC(=O)c1cc(NC(C)=O)ccc1O.COC(=O)c1cc(NC(C)=O)ccc1O.Cl. The van der Waals surface area contributed by atoms with Gasteiger partial charge in [-0.2, -0.15) is 0 Å². The molecular weight excluding hydrogens is 1360 g/mol. The maximum atomic E-state index is 11.3. The Bertz CT molecular complexity index is 3650. The van der Waals surface area contributed by atoms with Crippen molar-refractivity contribution < 1.29 is 79.2 Å². The number of methoxy groups -OCH3 is 1. The number of esters is 1. The van der Waals surface area contributed by atoms with Gasteiger partial charge in [0.05, 0.1) is 28.4 Å². The minimum Gasteiger partial charge on any atom is -0.508 e. The molecule has 100 heavy (non-hydrogen) atoms. The third-order valence-corrected chi connectivity index (χ3v) is 13.2. The summed E-state index contributed by atoms with van der Waals surface area (Å²) < 4.78 is 4.47. The van der Waals surface area contributed by atoms with E-state index in [1.165, 1.54) is 122 Å². The maximum Gasteiger partial charge on any atom is 0.341 e. The number of anilines is 9. The molecule has 0 radical (unpaired) electrons. The zero-order chi connectivity index (χ0) is 75.1. The molecule has 0 aliphatic heterocycles. The van der Waals surface area contributed by atoms with Crippen LogP contribution in [0.2, 0.25) is 10.0 Å². The van der Waals surface area contributed by atoms with Gasteiger partial charge in [-0.25, -0.2) is 4.79 Å². The van der Waals surface area contributed by atoms with Gasteiger partial charge in [-0.3, -0.25) is 28.8 Å². The second-order valence-corrected chi connectivity index (χ2v) is 21.5. The number of hydrogen-bond donors (Lipinski definition) is 15. The van der Waals surface area contributed by atoms with E-state index in [0.29, 0.717) is 51.4 Å². The quantitative estimate of drug-likeness (QED) is 0.0221. The average Bonchev–Trinajstić information content (AvgIpc) is 0.867. The highest BCUT2D eigenvalue weighted by atomic mass is 35.5. The van der Waals surface area contributed by atoms with E-state index in [9.17, 15) is 54.0 Å². The van der Waals surface area contributed by atoms with Crippen molar-refractivity contribution in [3.63, 3.8) is 0 Å². The van der Waals surface area contributed by atoms with Crippen LogP contribution >= 0.6 is 35.6 Å². The molecule has 0 aliphatic rings. The van der Waals surface area contributed by atoms with Crippen LogP contribution in [0.1, 0.15) is 76.1 Å². The van der Waals surface area contributed by atoms with Crippen LogP contribution in [0, 0.1) is 0 Å². The predicted molar refractivity (Wildman–Crippen MR) is 400 cm³/mol. The summed E-state index contributed by atoms with van der Waals surface area (Å²) in [7, 11) is 8.74. The molecule has 26 nitrogen and oxygen atoms in total. The van der Waals surface area contributed by atoms with Crippen LogP contribution in [0.15, 0.2) is 164 Å². The Morgan fingerprint density at radius 1 is 0.410 bits per heavy atom. The number of carbonyl (C=O) groups excluding carboxylic acids is 7. The van der Waals surface area contributed by atoms with Gasteiger partial charge in [-0.1, -0.05) is 23.2 Å². The van der Waals surface area contributed by atoms with E-state index >= 15 is 0 Å². The molecule has 29 heteroatoms. The Balaban J connectivity index is 0.00000112. The van der Waals surface area contributed by atoms with Crippen molar-refractivity contribution in [1.82, 2.24) is 5.32 Å². The topological polar surface area (TPSA) is 398 Å². The molecule has 0 unspecified atom stereocenters. The zero-order valence-electron chi connectivity index (χ0n) is 57.6. The lowest BCUT2D eigenvalue weighted by molar-refractivity contribution is -0.115. The molecule has 0 aromatic heterocycles. The minimum absolute atomic E-state index is 0. The number of halogens is 3. The van der Waals surface area contributed by atoms with Crippen LogP contribution in [-0.4, -0.2) is 137 Å². The molecule has 8 rings (SSSR count). The van der Waals surface area contributed by atoms with E-state index < -0.39 is 11.9 Å². The zero-order valence-corrected chi connectivity index (χ0v) is 60.0. The van der Waals surface area contributed by atoms with Gasteiger partial charge in [-0.15, -0.1) is 12.4 Å². The molecule has 8 aromatic carbocycles. The average molecular weight is 1440 g/mol. The molecule has 0 saturated heterocycles. The van der Waals surface area contributed by atoms with Gasteiger partial charge >= 0.3 is 5.97 Å². The van der Waals surface area contributed by atoms with Crippen molar-refractivity contribution in [1.29, 1.82) is 0 Å². The molecule has 0 bridgehead atoms. The molecule has 0 aliphatic carbocycles. The fourth-order valence-electron chi connectivity index (χ4n) is 7.33. The molecule has 0 atom stereocenters. The number of nitrogens with zero attached hydrogens (tertiary/aromatic N) is 3. The van der Waals surface area contributed by atoms with Crippen LogP contribution in [0.5, 0.6) is 46.0 Å². The van der Waals surface area contributed by atoms with Gasteiger partial charge in [0.25, 0.3) is 5.91 Å². The number of nitrogen functional groups attached to an aromatic ring is 1. The molecule has 0 saturated carbocycles. The predicted octanol–water partition coefficient (Wildman–Crippen LogP) is 12.8. The molecule has 6 amide bonds. The van der Waals surface area contributed by atoms with Crippen LogP contribution in [0.3, 0.4) is 0 Å². The third kappa shape index (κ3) is 35.5. The Morgan fingerprint density at radius 2 is 0.710 bits per heavy atom. The lowest BCUT2D eigenvalue weighted by Gasteiger charge is -2.16. The Hall–Kier alpha value is -11.5. The summed E-state index contributed by atoms with van der Waals surface area (Å²) in [6, 6.07) is 43.7. The molecule has 8 aromatic rings. The van der Waals surface area contributed by atoms with Gasteiger partial charge in [-0.05, 0) is 185 Å². The molecule has 0 spiro atoms. The number of rotatable bonds is 13. The summed E-state index contributed by atoms with van der Waals surface area (Å²) in [4.78, 5) is 82.1. The second-order valence-electron chi connectivity index (χ2n) is 20.6. The standard InChI is InChI=1S/C10H12N2O3.C10H11NO4.3C9H13NO.C8H7Cl2NO2.C8H10N2O2.C8H9NO2.ClH/c1-6(13)12-7-3-4-9(14)8(5-7)10(15)11-2;1-6(12)11-7-3-4-9(13)8(5-7)10(14)15-2;3*1-3-10(2)8-4-6-9(11)7-5-8;1-4(12)11-5-2-6(9)8(13)7(10)3-5;1-5(11)10-7-4-6(9)2-3-8(7)12;1-6(10)9-7-2-4-8(11)5-3-7;/h3-5,14H,1-2H3,(H,11,15)(H,12,13);3-5,13H,1-2H3,(H,11,12);3*4-7,11H,3H2,1-2H3;2-3,13H,1H3,(H,11,12);2-4,12H,9H2,1H3,(H,10,11);2-5,11H,1H3,(H,9,10);1H. The molecule has 0 fully saturated rings. The lowest BCUT2D eigenvalue weighted by Crippen LogP contribution is -2.18. The normalized spacial score (nSPS) is 9.43. The molecule has 0 heterocycles. The van der Waals surface area contributed by atoms with Crippen molar-refractivity contribution in [3.05, 3.63) is 185 Å². The van der Waals surface area contributed by atoms with Crippen molar-refractivity contribution in [2.24, 2.45) is 0 Å². The van der Waals surface area contributed by atoms with Crippen LogP contribution in [0.25, 0.3) is 0 Å². The number of carbonyl (C=O) groups is 7. The maximum absolute atomic E-state index is 11.3. The number of aromatic hydroxyl groups is 8. The highest BCUT2D eigenvalue weighted by Gasteiger charge is 2.14. The number of nitrogens with two attached hydrogens (primary N) is 1. The van der Waals surface area contributed by atoms with Gasteiger partial charge in [0.2, 0.25) is 29.5 Å². The number of ether oxygens (including phenoxy) is 1. The molecule has 540 valence electrons. The highest BCUT2D eigenvalue weighted by Crippen LogP contribution is 2.35. The fraction of sp³-hybridized carbons (Fsp3) is 0.225. The second kappa shape index (κ2) is 46.6. The van der Waals surface area contributed by atoms with E-state index in [-0.39, 0.29) is 91.9 Å². The highest BCUT2D eigenvalue weighted by molar-refractivity contribution is 6.37. The van der Waals surface area contributed by atoms with Crippen molar-refractivity contribution >= 4 is 128 Å². The first-order chi connectivity index (χ1) is 46.6. The number of phenols is 8. The number of amides is 6. The fourth-order valence-corrected chi connectivity index (χ4v) is 7.81. The largest absolute Gasteiger partial charge is 0.508 e. The molecular formula is C71H89Cl3N10O16. The monoisotopic (exact) mass is 1440 g/mol. The third-order valence-electron chi connectivity index (χ3n) is 12.7. The van der Waals surface area contributed by atoms with Crippen molar-refractivity contribution in [3.8, 4) is 46.0 Å². The van der Waals surface area contributed by atoms with Crippen molar-refractivity contribution in [2.75, 3.05) is 102 Å². The number of hydrogen-bond acceptors (Lipinski definition) is 20. The summed E-state index contributed by atoms with van der Waals surface area (Å²) in [6.45, 7) is 16.1. The van der Waals surface area contributed by atoms with Crippen molar-refractivity contribution in [2.45, 2.75) is 55.4 Å². The summed E-state index contributed by atoms with van der Waals surface area (Å²) in [5, 5.41) is 88.2. The van der Waals surface area contributed by atoms with Gasteiger partial charge < -0.3 is 97.9 Å². The van der Waals surface area contributed by atoms with Gasteiger partial charge in [0.1, 0.15) is 45.8 Å². The van der Waals surface area contributed by atoms with Gasteiger partial charge in [0.15, 0.2) is 5.75 Å². The smallest absolute Gasteiger partial charge is 0.341 e. The number of benzene rings is 8. The van der Waals surface area contributed by atoms with E-state index in [0.717, 1.165) is 36.7 Å². The van der Waals surface area contributed by atoms with E-state index in [1.807, 2.05) is 57.5 Å². The Labute approximate surface area is 598 Å².